The largest absolute Gasteiger partial charge is 0.465 e. The Hall–Kier alpha value is -5.44. The number of hydrogen-bond acceptors (Lipinski definition) is 7. The molecule has 3 aromatic heterocycles. The maximum Gasteiger partial charge on any atom is 0.405 e. The first-order valence-electron chi connectivity index (χ1n) is 15.7. The molecular weight excluding hydrogens is 584 g/mol. The second-order valence-corrected chi connectivity index (χ2v) is 12.5. The molecule has 0 saturated heterocycles. The second kappa shape index (κ2) is 11.8. The molecule has 46 heavy (non-hydrogen) atoms. The SMILES string of the molecule is N#Cc1cnn2c(-c3cc(Nc4ccc(C5(NC(=O)O)CC5)cc4)c(C(=O)N[C@H]4CC[C@H](NC(=O)C5CC5)CC4)cn3)ccc2c1. The molecule has 0 radical (unpaired) electrons. The van der Waals surface area contributed by atoms with E-state index in [-0.39, 0.29) is 29.8 Å². The average molecular weight is 619 g/mol. The zero-order valence-corrected chi connectivity index (χ0v) is 25.1. The maximum absolute atomic E-state index is 13.7. The summed E-state index contributed by atoms with van der Waals surface area (Å²) in [5, 5.41) is 35.3. The van der Waals surface area contributed by atoms with Crippen LogP contribution in [0.2, 0.25) is 0 Å². The number of pyridine rings is 1. The van der Waals surface area contributed by atoms with Gasteiger partial charge in [0, 0.05) is 29.9 Å². The molecule has 0 atom stereocenters. The summed E-state index contributed by atoms with van der Waals surface area (Å²) in [6.45, 7) is 0. The lowest BCUT2D eigenvalue weighted by atomic mass is 9.90. The van der Waals surface area contributed by atoms with E-state index in [9.17, 15) is 24.8 Å². The maximum atomic E-state index is 13.7. The van der Waals surface area contributed by atoms with Crippen molar-refractivity contribution in [2.75, 3.05) is 5.32 Å². The number of aromatic nitrogens is 3. The van der Waals surface area contributed by atoms with Gasteiger partial charge in [0.2, 0.25) is 5.91 Å². The van der Waals surface area contributed by atoms with E-state index in [0.717, 1.165) is 68.1 Å². The molecule has 3 aliphatic rings. The van der Waals surface area contributed by atoms with Gasteiger partial charge in [0.05, 0.1) is 45.5 Å². The van der Waals surface area contributed by atoms with Gasteiger partial charge in [0.1, 0.15) is 6.07 Å². The molecule has 234 valence electrons. The predicted molar refractivity (Wildman–Crippen MR) is 169 cm³/mol. The molecule has 3 aliphatic carbocycles. The van der Waals surface area contributed by atoms with Crippen molar-refractivity contribution in [3.05, 3.63) is 77.6 Å². The third-order valence-electron chi connectivity index (χ3n) is 9.21. The number of nitrogens with zero attached hydrogens (tertiary/aromatic N) is 4. The Morgan fingerprint density at radius 1 is 0.913 bits per heavy atom. The van der Waals surface area contributed by atoms with Crippen LogP contribution in [0.3, 0.4) is 0 Å². The number of hydrogen-bond donors (Lipinski definition) is 5. The summed E-state index contributed by atoms with van der Waals surface area (Å²) >= 11 is 0. The number of carbonyl (C=O) groups excluding carboxylic acids is 2. The van der Waals surface area contributed by atoms with Crippen LogP contribution < -0.4 is 21.3 Å². The van der Waals surface area contributed by atoms with Gasteiger partial charge in [-0.15, -0.1) is 0 Å². The van der Waals surface area contributed by atoms with Crippen LogP contribution in [0.4, 0.5) is 16.2 Å². The normalized spacial score (nSPS) is 19.9. The number of rotatable bonds is 9. The van der Waals surface area contributed by atoms with Crippen LogP contribution in [0, 0.1) is 17.2 Å². The Morgan fingerprint density at radius 3 is 2.28 bits per heavy atom. The first-order chi connectivity index (χ1) is 22.3. The molecule has 0 unspecified atom stereocenters. The minimum atomic E-state index is -1.05. The lowest BCUT2D eigenvalue weighted by molar-refractivity contribution is -0.123. The summed E-state index contributed by atoms with van der Waals surface area (Å²) in [6, 6.07) is 17.1. The standard InChI is InChI=1S/C34H34N8O4/c35-17-20-15-26-11-12-30(42(26)37-18-20)29-16-28(38-23-5-3-22(4-6-23)34(13-14-34)41-33(45)46)27(19-36-29)32(44)40-25-9-7-24(8-10-25)39-31(43)21-1-2-21/h3-6,11-12,15-16,18-19,21,24-25,41H,1-2,7-10,13-14H2,(H,36,38)(H,39,43)(H,40,44)(H,45,46)/t24-,25-. The van der Waals surface area contributed by atoms with Crippen molar-refractivity contribution in [1.29, 1.82) is 5.26 Å². The monoisotopic (exact) mass is 618 g/mol. The summed E-state index contributed by atoms with van der Waals surface area (Å²) in [5.74, 6) is 0.0918. The highest BCUT2D eigenvalue weighted by molar-refractivity contribution is 6.00. The van der Waals surface area contributed by atoms with E-state index in [2.05, 4.69) is 37.4 Å². The molecule has 0 spiro atoms. The van der Waals surface area contributed by atoms with E-state index in [1.54, 1.807) is 16.8 Å². The van der Waals surface area contributed by atoms with Crippen molar-refractivity contribution < 1.29 is 19.5 Å². The lowest BCUT2D eigenvalue weighted by Gasteiger charge is -2.30. The van der Waals surface area contributed by atoms with Gasteiger partial charge in [0.25, 0.3) is 5.91 Å². The topological polar surface area (TPSA) is 174 Å². The number of nitriles is 1. The van der Waals surface area contributed by atoms with Crippen LogP contribution in [0.15, 0.2) is 60.9 Å². The lowest BCUT2D eigenvalue weighted by Crippen LogP contribution is -2.44. The van der Waals surface area contributed by atoms with Gasteiger partial charge in [0.15, 0.2) is 0 Å². The molecule has 0 bridgehead atoms. The van der Waals surface area contributed by atoms with E-state index in [4.69, 9.17) is 0 Å². The predicted octanol–water partition coefficient (Wildman–Crippen LogP) is 4.84. The van der Waals surface area contributed by atoms with Crippen LogP contribution in [0.5, 0.6) is 0 Å². The molecule has 0 aliphatic heterocycles. The highest BCUT2D eigenvalue weighted by Crippen LogP contribution is 2.45. The Bertz CT molecular complexity index is 1860. The highest BCUT2D eigenvalue weighted by Gasteiger charge is 2.45. The molecule has 5 N–H and O–H groups in total. The molecule has 4 aromatic rings. The van der Waals surface area contributed by atoms with Crippen LogP contribution in [0.1, 0.15) is 72.9 Å². The van der Waals surface area contributed by atoms with Crippen LogP contribution in [-0.4, -0.2) is 49.7 Å². The third kappa shape index (κ3) is 6.08. The first-order valence-corrected chi connectivity index (χ1v) is 15.7. The molecule has 12 heteroatoms. The van der Waals surface area contributed by atoms with Gasteiger partial charge in [-0.1, -0.05) is 12.1 Å². The van der Waals surface area contributed by atoms with E-state index in [0.29, 0.717) is 28.2 Å². The zero-order chi connectivity index (χ0) is 31.8. The van der Waals surface area contributed by atoms with Crippen LogP contribution in [0.25, 0.3) is 16.9 Å². The van der Waals surface area contributed by atoms with Crippen LogP contribution in [-0.2, 0) is 10.3 Å². The van der Waals surface area contributed by atoms with Gasteiger partial charge in [-0.25, -0.2) is 9.31 Å². The summed E-state index contributed by atoms with van der Waals surface area (Å²) < 4.78 is 1.70. The fraction of sp³-hybridized carbons (Fsp3) is 0.353. The molecule has 3 heterocycles. The minimum Gasteiger partial charge on any atom is -0.465 e. The van der Waals surface area contributed by atoms with Gasteiger partial charge < -0.3 is 26.4 Å². The Kier molecular flexibility index (Phi) is 7.52. The summed E-state index contributed by atoms with van der Waals surface area (Å²) in [4.78, 5) is 41.8. The van der Waals surface area contributed by atoms with E-state index >= 15 is 0 Å². The Morgan fingerprint density at radius 2 is 1.63 bits per heavy atom. The Labute approximate surface area is 265 Å². The summed E-state index contributed by atoms with van der Waals surface area (Å²) in [7, 11) is 0. The number of carboxylic acid groups (broad SMARTS) is 1. The fourth-order valence-electron chi connectivity index (χ4n) is 6.29. The number of fused-ring (bicyclic) bond motifs is 1. The molecular formula is C34H34N8O4. The van der Waals surface area contributed by atoms with Crippen molar-refractivity contribution in [1.82, 2.24) is 30.5 Å². The van der Waals surface area contributed by atoms with Gasteiger partial charge in [-0.2, -0.15) is 10.4 Å². The van der Waals surface area contributed by atoms with Gasteiger partial charge in [-0.05, 0) is 93.3 Å². The minimum absolute atomic E-state index is 0.0158. The number of nitrogens with one attached hydrogen (secondary N) is 4. The van der Waals surface area contributed by atoms with Crippen molar-refractivity contribution in [2.45, 2.75) is 69.0 Å². The van der Waals surface area contributed by atoms with Crippen molar-refractivity contribution in [3.8, 4) is 17.5 Å². The molecule has 3 saturated carbocycles. The number of anilines is 2. The molecule has 12 nitrogen and oxygen atoms in total. The third-order valence-corrected chi connectivity index (χ3v) is 9.21. The highest BCUT2D eigenvalue weighted by atomic mass is 16.4. The quantitative estimate of drug-likeness (QED) is 0.177. The smallest absolute Gasteiger partial charge is 0.405 e. The average Bonchev–Trinajstić information content (AvgIpc) is 4.00. The molecule has 7 rings (SSSR count). The molecule has 3 fully saturated rings. The molecule has 3 amide bonds. The van der Waals surface area contributed by atoms with Crippen molar-refractivity contribution in [2.24, 2.45) is 5.92 Å². The zero-order valence-electron chi connectivity index (χ0n) is 25.1. The van der Waals surface area contributed by atoms with E-state index < -0.39 is 11.6 Å². The summed E-state index contributed by atoms with van der Waals surface area (Å²) in [5.41, 5.74) is 4.48. The van der Waals surface area contributed by atoms with E-state index in [1.165, 1.54) is 6.20 Å². The van der Waals surface area contributed by atoms with Gasteiger partial charge in [-0.3, -0.25) is 14.6 Å². The first kappa shape index (κ1) is 29.3. The summed E-state index contributed by atoms with van der Waals surface area (Å²) in [6.07, 6.45) is 8.63. The number of amides is 3. The molecule has 1 aromatic carbocycles. The fourth-order valence-corrected chi connectivity index (χ4v) is 6.29. The van der Waals surface area contributed by atoms with Crippen molar-refractivity contribution in [3.63, 3.8) is 0 Å². The van der Waals surface area contributed by atoms with Crippen molar-refractivity contribution >= 4 is 34.8 Å². The van der Waals surface area contributed by atoms with E-state index in [1.807, 2.05) is 42.5 Å². The van der Waals surface area contributed by atoms with Gasteiger partial charge >= 0.3 is 6.09 Å². The second-order valence-electron chi connectivity index (χ2n) is 12.5. The van der Waals surface area contributed by atoms with Crippen LogP contribution >= 0.6 is 0 Å². The Balaban J connectivity index is 1.13. The number of benzene rings is 1. The number of carbonyl (C=O) groups is 3.